The normalized spacial score (nSPS) is 11.3. The Labute approximate surface area is 120 Å². The first-order chi connectivity index (χ1) is 8.00. The summed E-state index contributed by atoms with van der Waals surface area (Å²) >= 11 is 0. The van der Waals surface area contributed by atoms with Crippen LogP contribution in [-0.4, -0.2) is 53.6 Å². The number of hydrogen-bond acceptors (Lipinski definition) is 2. The number of rotatable bonds is 0. The van der Waals surface area contributed by atoms with Crippen molar-refractivity contribution in [1.82, 2.24) is 0 Å². The quantitative estimate of drug-likeness (QED) is 0.310. The molecule has 0 saturated heterocycles. The number of hydrogen-bond donors (Lipinski definition) is 1. The van der Waals surface area contributed by atoms with E-state index < -0.39 is 32.3 Å². The second-order valence-electron chi connectivity index (χ2n) is 1.90. The van der Waals surface area contributed by atoms with Crippen LogP contribution in [0.2, 0.25) is 0 Å². The van der Waals surface area contributed by atoms with Crippen LogP contribution in [0.3, 0.4) is 0 Å². The standard InChI is InChI=1S/3BF4.FHO3S.Li.H/c3*2-1(3,4)5;1-5(2,3)4;;/h;;;(H,2,3,4);;/q3*-1;;;. The van der Waals surface area contributed by atoms with E-state index in [0.717, 1.165) is 0 Å². The Bertz CT molecular complexity index is 258. The van der Waals surface area contributed by atoms with Crippen molar-refractivity contribution in [2.24, 2.45) is 0 Å². The summed E-state index contributed by atoms with van der Waals surface area (Å²) in [5.41, 5.74) is 0. The van der Waals surface area contributed by atoms with E-state index in [9.17, 15) is 55.7 Å². The Morgan fingerprint density at radius 3 is 0.571 bits per heavy atom. The molecular weight excluding hydrogens is 366 g/mol. The molecule has 0 heterocycles. The van der Waals surface area contributed by atoms with Gasteiger partial charge in [0.05, 0.1) is 0 Å². The molecule has 21 heavy (non-hydrogen) atoms. The molecule has 0 aliphatic carbocycles. The van der Waals surface area contributed by atoms with Crippen molar-refractivity contribution in [3.8, 4) is 0 Å². The molecule has 1 N–H and O–H groups in total. The molecule has 0 aliphatic rings. The van der Waals surface area contributed by atoms with Crippen LogP contribution in [0.15, 0.2) is 0 Å². The zero-order valence-corrected chi connectivity index (χ0v) is 9.13. The molecule has 0 unspecified atom stereocenters. The maximum absolute atomic E-state index is 10.2. The molecule has 0 atom stereocenters. The van der Waals surface area contributed by atoms with Crippen molar-refractivity contribution < 1.29 is 68.6 Å². The first kappa shape index (κ1) is 32.7. The first-order valence-corrected chi connectivity index (χ1v) is 4.63. The Hall–Kier alpha value is -0.208. The van der Waals surface area contributed by atoms with Gasteiger partial charge in [-0.25, -0.2) is 0 Å². The zero-order valence-electron chi connectivity index (χ0n) is 8.32. The van der Waals surface area contributed by atoms with Crippen LogP contribution >= 0.6 is 0 Å². The minimum atomic E-state index is -6.00. The third-order valence-electron chi connectivity index (χ3n) is 0. The van der Waals surface area contributed by atoms with E-state index in [-0.39, 0.29) is 18.9 Å². The fraction of sp³-hybridized carbons (Fsp3) is 0. The third-order valence-corrected chi connectivity index (χ3v) is 0. The second kappa shape index (κ2) is 12.3. The van der Waals surface area contributed by atoms with Crippen molar-refractivity contribution in [2.45, 2.75) is 0 Å². The van der Waals surface area contributed by atoms with Crippen LogP contribution in [0.4, 0.5) is 55.7 Å². The predicted molar refractivity (Wildman–Crippen MR) is 50.4 cm³/mol. The Morgan fingerprint density at radius 1 is 0.571 bits per heavy atom. The summed E-state index contributed by atoms with van der Waals surface area (Å²) in [6.45, 7) is 0. The van der Waals surface area contributed by atoms with Crippen LogP contribution in [-0.2, 0) is 10.5 Å². The summed E-state index contributed by atoms with van der Waals surface area (Å²) in [6.07, 6.45) is 0. The molecule has 3 nitrogen and oxygen atoms in total. The van der Waals surface area contributed by atoms with Gasteiger partial charge in [-0.2, -0.15) is 8.42 Å². The molecular formula is H2B3F13LiO3S-3. The molecule has 0 aromatic heterocycles. The van der Waals surface area contributed by atoms with E-state index in [4.69, 9.17) is 13.0 Å². The van der Waals surface area contributed by atoms with Crippen molar-refractivity contribution in [3.05, 3.63) is 0 Å². The van der Waals surface area contributed by atoms with Crippen LogP contribution < -0.4 is 0 Å². The molecule has 0 spiro atoms. The molecule has 21 heteroatoms. The van der Waals surface area contributed by atoms with Gasteiger partial charge in [-0.1, -0.05) is 3.89 Å². The van der Waals surface area contributed by atoms with E-state index in [1.165, 1.54) is 0 Å². The molecule has 0 amide bonds. The summed E-state index contributed by atoms with van der Waals surface area (Å²) in [5.74, 6) is 0. The van der Waals surface area contributed by atoms with Crippen LogP contribution in [0, 0.1) is 0 Å². The molecule has 0 aliphatic heterocycles. The molecule has 0 radical (unpaired) electrons. The van der Waals surface area contributed by atoms with Gasteiger partial charge in [0.25, 0.3) is 0 Å². The van der Waals surface area contributed by atoms with Gasteiger partial charge in [0.1, 0.15) is 0 Å². The predicted octanol–water partition coefficient (Wildman–Crippen LogP) is 3.01. The van der Waals surface area contributed by atoms with E-state index in [0.29, 0.717) is 0 Å². The fourth-order valence-corrected chi connectivity index (χ4v) is 0. The van der Waals surface area contributed by atoms with Crippen molar-refractivity contribution >= 4 is 51.1 Å². The SMILES string of the molecule is F[B-](F)(F)F.F[B-](F)(F)F.F[B-](F)(F)F.O=S(=O)(O)F.[LiH]. The average Bonchev–Trinajstić information content (AvgIpc) is 1.62. The van der Waals surface area contributed by atoms with Gasteiger partial charge >= 0.3 is 51.1 Å². The molecule has 0 aromatic rings. The minimum absolute atomic E-state index is 0. The molecule has 0 saturated carbocycles. The van der Waals surface area contributed by atoms with Crippen molar-refractivity contribution in [2.75, 3.05) is 0 Å². The van der Waals surface area contributed by atoms with Gasteiger partial charge in [0, 0.05) is 0 Å². The van der Waals surface area contributed by atoms with Crippen LogP contribution in [0.1, 0.15) is 0 Å². The van der Waals surface area contributed by atoms with Crippen molar-refractivity contribution in [3.63, 3.8) is 0 Å². The van der Waals surface area contributed by atoms with Gasteiger partial charge in [-0.15, -0.1) is 0 Å². The van der Waals surface area contributed by atoms with Gasteiger partial charge in [0.15, 0.2) is 0 Å². The zero-order chi connectivity index (χ0) is 18.0. The van der Waals surface area contributed by atoms with E-state index >= 15 is 0 Å². The van der Waals surface area contributed by atoms with Crippen LogP contribution in [0.25, 0.3) is 0 Å². The summed E-state index contributed by atoms with van der Waals surface area (Å²) in [7, 11) is -23.2. The summed E-state index contributed by atoms with van der Waals surface area (Å²) in [5, 5.41) is 0. The van der Waals surface area contributed by atoms with E-state index in [1.807, 2.05) is 0 Å². The Morgan fingerprint density at radius 2 is 0.571 bits per heavy atom. The molecule has 0 aromatic carbocycles. The van der Waals surface area contributed by atoms with E-state index in [2.05, 4.69) is 0 Å². The topological polar surface area (TPSA) is 54.4 Å². The first-order valence-electron chi connectivity index (χ1n) is 3.29. The van der Waals surface area contributed by atoms with E-state index in [1.54, 1.807) is 0 Å². The van der Waals surface area contributed by atoms with Crippen molar-refractivity contribution in [1.29, 1.82) is 0 Å². The Kier molecular flexibility index (Phi) is 19.2. The fourth-order valence-electron chi connectivity index (χ4n) is 0. The monoisotopic (exact) mass is 369 g/mol. The third kappa shape index (κ3) is 145000. The molecule has 0 rings (SSSR count). The average molecular weight is 368 g/mol. The molecule has 130 valence electrons. The summed E-state index contributed by atoms with van der Waals surface area (Å²) < 4.78 is 151. The summed E-state index contributed by atoms with van der Waals surface area (Å²) in [6, 6.07) is 0. The Balaban J connectivity index is -0.0000000533. The molecule has 0 fully saturated rings. The van der Waals surface area contributed by atoms with Gasteiger partial charge < -0.3 is 51.8 Å². The number of halogens is 13. The molecule has 0 bridgehead atoms. The maximum atomic E-state index is 10.2. The van der Waals surface area contributed by atoms with Gasteiger partial charge in [-0.05, 0) is 0 Å². The summed E-state index contributed by atoms with van der Waals surface area (Å²) in [4.78, 5) is 0. The van der Waals surface area contributed by atoms with Crippen LogP contribution in [0.5, 0.6) is 0 Å². The van der Waals surface area contributed by atoms with Gasteiger partial charge in [-0.3, -0.25) is 4.55 Å². The second-order valence-corrected chi connectivity index (χ2v) is 2.72. The van der Waals surface area contributed by atoms with Gasteiger partial charge in [0.2, 0.25) is 0 Å².